The van der Waals surface area contributed by atoms with Gasteiger partial charge in [-0.3, -0.25) is 4.79 Å². The lowest BCUT2D eigenvalue weighted by molar-refractivity contribution is -0.124. The average molecular weight is 446 g/mol. The van der Waals surface area contributed by atoms with Crippen molar-refractivity contribution < 1.29 is 22.7 Å². The van der Waals surface area contributed by atoms with Crippen LogP contribution < -0.4 is 15.0 Å². The molecule has 0 radical (unpaired) electrons. The van der Waals surface area contributed by atoms with E-state index >= 15 is 0 Å². The fraction of sp³-hybridized carbons (Fsp3) is 0.409. The summed E-state index contributed by atoms with van der Waals surface area (Å²) in [5, 5.41) is 2.79. The molecular weight excluding hydrogens is 418 g/mol. The minimum Gasteiger partial charge on any atom is -0.495 e. The summed E-state index contributed by atoms with van der Waals surface area (Å²) < 4.78 is 38.4. The van der Waals surface area contributed by atoms with Gasteiger partial charge in [0.2, 0.25) is 10.0 Å². The molecule has 1 amide bonds. The summed E-state index contributed by atoms with van der Waals surface area (Å²) in [4.78, 5) is 14.5. The topological polar surface area (TPSA) is 88.2 Å². The first-order valence-corrected chi connectivity index (χ1v) is 11.8. The first-order chi connectivity index (χ1) is 15.0. The van der Waals surface area contributed by atoms with Crippen molar-refractivity contribution in [2.45, 2.75) is 23.8 Å². The number of benzene rings is 2. The van der Waals surface area contributed by atoms with Gasteiger partial charge >= 0.3 is 0 Å². The van der Waals surface area contributed by atoms with E-state index in [1.54, 1.807) is 19.2 Å². The number of nitrogens with zero attached hydrogens (tertiary/aromatic N) is 2. The Morgan fingerprint density at radius 2 is 1.77 bits per heavy atom. The maximum atomic E-state index is 13.1. The van der Waals surface area contributed by atoms with Crippen LogP contribution in [0.4, 0.5) is 11.4 Å². The molecule has 0 spiro atoms. The number of para-hydroxylation sites is 2. The quantitative estimate of drug-likeness (QED) is 0.734. The number of rotatable bonds is 6. The van der Waals surface area contributed by atoms with E-state index in [4.69, 9.17) is 9.47 Å². The lowest BCUT2D eigenvalue weighted by Crippen LogP contribution is -2.48. The molecule has 1 atom stereocenters. The van der Waals surface area contributed by atoms with E-state index in [1.807, 2.05) is 24.3 Å². The largest absolute Gasteiger partial charge is 0.495 e. The molecule has 2 aromatic rings. The number of methoxy groups -OCH3 is 1. The van der Waals surface area contributed by atoms with Crippen LogP contribution in [0.15, 0.2) is 53.4 Å². The summed E-state index contributed by atoms with van der Waals surface area (Å²) in [5.41, 5.74) is 1.52. The Morgan fingerprint density at radius 1 is 1.06 bits per heavy atom. The first kappa shape index (κ1) is 21.6. The smallest absolute Gasteiger partial charge is 0.253 e. The standard InChI is InChI=1S/C22H27N3O5S/c1-29-20-6-3-2-5-19(20)24-12-14-25(15-13-24)31(27,28)18-10-8-17(9-11-18)23-22(26)21-7-4-16-30-21/h2-3,5-6,8-11,21H,4,7,12-16H2,1H3,(H,23,26). The van der Waals surface area contributed by atoms with E-state index in [2.05, 4.69) is 10.2 Å². The van der Waals surface area contributed by atoms with Gasteiger partial charge in [-0.05, 0) is 49.2 Å². The third-order valence-electron chi connectivity index (χ3n) is 5.65. The number of nitrogens with one attached hydrogen (secondary N) is 1. The molecule has 2 aliphatic rings. The van der Waals surface area contributed by atoms with Crippen LogP contribution in [0.25, 0.3) is 0 Å². The maximum Gasteiger partial charge on any atom is 0.253 e. The van der Waals surface area contributed by atoms with Gasteiger partial charge < -0.3 is 19.7 Å². The Morgan fingerprint density at radius 3 is 2.42 bits per heavy atom. The van der Waals surface area contributed by atoms with Crippen LogP contribution >= 0.6 is 0 Å². The Labute approximate surface area is 182 Å². The van der Waals surface area contributed by atoms with Crippen molar-refractivity contribution in [1.29, 1.82) is 0 Å². The number of carbonyl (C=O) groups excluding carboxylic acids is 1. The predicted octanol–water partition coefficient (Wildman–Crippen LogP) is 2.32. The van der Waals surface area contributed by atoms with Crippen LogP contribution in [0.5, 0.6) is 5.75 Å². The van der Waals surface area contributed by atoms with E-state index in [0.29, 0.717) is 44.9 Å². The molecule has 2 aromatic carbocycles. The third kappa shape index (κ3) is 4.68. The molecule has 9 heteroatoms. The number of anilines is 2. The molecule has 8 nitrogen and oxygen atoms in total. The zero-order valence-electron chi connectivity index (χ0n) is 17.5. The molecule has 2 aliphatic heterocycles. The van der Waals surface area contributed by atoms with Crippen LogP contribution in [0.3, 0.4) is 0 Å². The molecule has 2 saturated heterocycles. The van der Waals surface area contributed by atoms with Gasteiger partial charge in [-0.1, -0.05) is 12.1 Å². The summed E-state index contributed by atoms with van der Waals surface area (Å²) in [7, 11) is -1.97. The highest BCUT2D eigenvalue weighted by molar-refractivity contribution is 7.89. The Hall–Kier alpha value is -2.62. The third-order valence-corrected chi connectivity index (χ3v) is 7.56. The van der Waals surface area contributed by atoms with E-state index in [-0.39, 0.29) is 10.8 Å². The van der Waals surface area contributed by atoms with Gasteiger partial charge in [0, 0.05) is 38.5 Å². The second-order valence-electron chi connectivity index (χ2n) is 7.58. The van der Waals surface area contributed by atoms with E-state index in [0.717, 1.165) is 17.9 Å². The van der Waals surface area contributed by atoms with Gasteiger partial charge in [0.05, 0.1) is 17.7 Å². The molecule has 0 aliphatic carbocycles. The van der Waals surface area contributed by atoms with E-state index < -0.39 is 16.1 Å². The molecule has 4 rings (SSSR count). The molecule has 0 saturated carbocycles. The highest BCUT2D eigenvalue weighted by Crippen LogP contribution is 2.29. The first-order valence-electron chi connectivity index (χ1n) is 10.4. The van der Waals surface area contributed by atoms with Crippen molar-refractivity contribution in [3.05, 3.63) is 48.5 Å². The predicted molar refractivity (Wildman–Crippen MR) is 118 cm³/mol. The summed E-state index contributed by atoms with van der Waals surface area (Å²) >= 11 is 0. The number of hydrogen-bond donors (Lipinski definition) is 1. The van der Waals surface area contributed by atoms with Gasteiger partial charge in [-0.25, -0.2) is 8.42 Å². The lowest BCUT2D eigenvalue weighted by atomic mass is 10.2. The van der Waals surface area contributed by atoms with Crippen molar-refractivity contribution in [3.8, 4) is 5.75 Å². The zero-order valence-corrected chi connectivity index (χ0v) is 18.3. The van der Waals surface area contributed by atoms with Crippen LogP contribution in [-0.4, -0.2) is 64.6 Å². The summed E-state index contributed by atoms with van der Waals surface area (Å²) in [6.07, 6.45) is 1.15. The fourth-order valence-corrected chi connectivity index (χ4v) is 5.35. The molecule has 2 heterocycles. The molecule has 1 unspecified atom stereocenters. The van der Waals surface area contributed by atoms with Crippen LogP contribution in [-0.2, 0) is 19.6 Å². The molecule has 31 heavy (non-hydrogen) atoms. The number of piperazine rings is 1. The monoisotopic (exact) mass is 445 g/mol. The summed E-state index contributed by atoms with van der Waals surface area (Å²) in [5.74, 6) is 0.583. The normalized spacial score (nSPS) is 19.9. The second-order valence-corrected chi connectivity index (χ2v) is 9.52. The van der Waals surface area contributed by atoms with Gasteiger partial charge in [-0.2, -0.15) is 4.31 Å². The molecular formula is C22H27N3O5S. The fourth-order valence-electron chi connectivity index (χ4n) is 3.93. The van der Waals surface area contributed by atoms with Crippen molar-refractivity contribution in [1.82, 2.24) is 4.31 Å². The van der Waals surface area contributed by atoms with Gasteiger partial charge in [0.1, 0.15) is 11.9 Å². The Kier molecular flexibility index (Phi) is 6.45. The second kappa shape index (κ2) is 9.25. The van der Waals surface area contributed by atoms with Crippen molar-refractivity contribution in [2.24, 2.45) is 0 Å². The van der Waals surface area contributed by atoms with Crippen molar-refractivity contribution >= 4 is 27.3 Å². The van der Waals surface area contributed by atoms with Crippen LogP contribution in [0.1, 0.15) is 12.8 Å². The van der Waals surface area contributed by atoms with Gasteiger partial charge in [0.25, 0.3) is 5.91 Å². The molecule has 0 bridgehead atoms. The number of ether oxygens (including phenoxy) is 2. The minimum absolute atomic E-state index is 0.194. The van der Waals surface area contributed by atoms with E-state index in [9.17, 15) is 13.2 Å². The SMILES string of the molecule is COc1ccccc1N1CCN(S(=O)(=O)c2ccc(NC(=O)C3CCCO3)cc2)CC1. The number of carbonyl (C=O) groups is 1. The van der Waals surface area contributed by atoms with E-state index in [1.165, 1.54) is 16.4 Å². The van der Waals surface area contributed by atoms with Crippen molar-refractivity contribution in [2.75, 3.05) is 50.1 Å². The van der Waals surface area contributed by atoms with Crippen LogP contribution in [0, 0.1) is 0 Å². The van der Waals surface area contributed by atoms with Gasteiger partial charge in [0.15, 0.2) is 0 Å². The number of amides is 1. The molecule has 0 aromatic heterocycles. The maximum absolute atomic E-state index is 13.1. The highest BCUT2D eigenvalue weighted by Gasteiger charge is 2.29. The summed E-state index contributed by atoms with van der Waals surface area (Å²) in [6.45, 7) is 2.53. The number of sulfonamides is 1. The Balaban J connectivity index is 1.39. The zero-order chi connectivity index (χ0) is 21.8. The highest BCUT2D eigenvalue weighted by atomic mass is 32.2. The van der Waals surface area contributed by atoms with Crippen LogP contribution in [0.2, 0.25) is 0 Å². The van der Waals surface area contributed by atoms with Gasteiger partial charge in [-0.15, -0.1) is 0 Å². The van der Waals surface area contributed by atoms with Crippen molar-refractivity contribution in [3.63, 3.8) is 0 Å². The number of hydrogen-bond acceptors (Lipinski definition) is 6. The lowest BCUT2D eigenvalue weighted by Gasteiger charge is -2.35. The molecule has 1 N–H and O–H groups in total. The molecule has 166 valence electrons. The molecule has 2 fully saturated rings. The minimum atomic E-state index is -3.61. The summed E-state index contributed by atoms with van der Waals surface area (Å²) in [6, 6.07) is 14.0. The average Bonchev–Trinajstić information content (AvgIpc) is 3.35. The Bertz CT molecular complexity index is 1010.